The van der Waals surface area contributed by atoms with Crippen molar-refractivity contribution in [1.29, 1.82) is 0 Å². The van der Waals surface area contributed by atoms with Crippen molar-refractivity contribution in [3.63, 3.8) is 0 Å². The number of ether oxygens (including phenoxy) is 1. The Labute approximate surface area is 189 Å². The second kappa shape index (κ2) is 14.9. The van der Waals surface area contributed by atoms with Crippen LogP contribution < -0.4 is 4.80 Å². The number of benzene rings is 1. The largest absolute Gasteiger partial charge is 0.462 e. The van der Waals surface area contributed by atoms with Gasteiger partial charge in [0.1, 0.15) is 22.1 Å². The van der Waals surface area contributed by atoms with E-state index in [1.54, 1.807) is 20.9 Å². The number of carbonyl (C=O) groups excluding carboxylic acids is 2. The van der Waals surface area contributed by atoms with Gasteiger partial charge in [0.15, 0.2) is 4.80 Å². The Balaban J connectivity index is 0.000000906. The monoisotopic (exact) mass is 456 g/mol. The number of hydrogen-bond donors (Lipinski definition) is 0. The Hall–Kier alpha value is -3.97. The van der Waals surface area contributed by atoms with Crippen LogP contribution in [0.3, 0.4) is 0 Å². The third kappa shape index (κ3) is 8.41. The van der Waals surface area contributed by atoms with Crippen molar-refractivity contribution in [2.24, 2.45) is 12.0 Å². The van der Waals surface area contributed by atoms with Crippen LogP contribution in [0.25, 0.3) is 0 Å². The maximum absolute atomic E-state index is 13.6. The number of esters is 1. The van der Waals surface area contributed by atoms with Crippen molar-refractivity contribution in [3.05, 3.63) is 106 Å². The molecule has 2 aromatic rings. The molecule has 8 heteroatoms. The maximum Gasteiger partial charge on any atom is 0.350 e. The van der Waals surface area contributed by atoms with E-state index >= 15 is 0 Å². The number of halogens is 2. The number of hydrogen-bond acceptors (Lipinski definition) is 4. The quantitative estimate of drug-likeness (QED) is 0.484. The molecular formula is C24H22F2N2O3S. The van der Waals surface area contributed by atoms with Gasteiger partial charge in [-0.25, -0.2) is 13.6 Å². The number of amides is 1. The highest BCUT2D eigenvalue weighted by Gasteiger charge is 2.19. The molecular weight excluding hydrogens is 434 g/mol. The van der Waals surface area contributed by atoms with E-state index in [9.17, 15) is 18.4 Å². The normalized spacial score (nSPS) is 9.22. The molecule has 166 valence electrons. The van der Waals surface area contributed by atoms with Crippen molar-refractivity contribution in [2.75, 3.05) is 6.61 Å². The van der Waals surface area contributed by atoms with Crippen LogP contribution in [0.5, 0.6) is 0 Å². The molecule has 0 saturated heterocycles. The number of aromatic nitrogens is 1. The number of nitrogens with zero attached hydrogens (tertiary/aromatic N) is 2. The molecule has 0 aliphatic heterocycles. The first kappa shape index (κ1) is 28.0. The molecule has 0 aliphatic carbocycles. The smallest absolute Gasteiger partial charge is 0.350 e. The molecule has 32 heavy (non-hydrogen) atoms. The Morgan fingerprint density at radius 2 is 1.62 bits per heavy atom. The standard InChI is InChI=1S/C15H14F2N2O3S.C5H4.C4H4/c1-4-22-14(21)12-8(2)19(3)15(23-12)18-13(20)11-9(16)6-5-7-10(11)17;1-3-5-4-2;1-3-4-2/h5-7H,4H2,1-3H3;1-2H2;1-2H2. The fraction of sp³-hybridized carbons (Fsp3) is 0.167. The Kier molecular flexibility index (Phi) is 13.1. The minimum atomic E-state index is -1.05. The van der Waals surface area contributed by atoms with Crippen LogP contribution >= 0.6 is 11.3 Å². The minimum absolute atomic E-state index is 0.151. The zero-order chi connectivity index (χ0) is 24.7. The molecule has 0 aliphatic rings. The Morgan fingerprint density at radius 3 is 2.03 bits per heavy atom. The van der Waals surface area contributed by atoms with Gasteiger partial charge in [-0.2, -0.15) is 4.99 Å². The van der Waals surface area contributed by atoms with Crippen LogP contribution in [0, 0.1) is 18.6 Å². The first-order valence-corrected chi connectivity index (χ1v) is 9.71. The zero-order valence-electron chi connectivity index (χ0n) is 18.1. The molecule has 0 fully saturated rings. The summed E-state index contributed by atoms with van der Waals surface area (Å²) in [5.41, 5.74) is 11.5. The second-order valence-electron chi connectivity index (χ2n) is 5.42. The summed E-state index contributed by atoms with van der Waals surface area (Å²) in [6, 6.07) is 3.13. The summed E-state index contributed by atoms with van der Waals surface area (Å²) >= 11 is 0.925. The molecule has 1 heterocycles. The third-order valence-corrected chi connectivity index (χ3v) is 4.66. The molecule has 0 unspecified atom stereocenters. The molecule has 1 amide bonds. The van der Waals surface area contributed by atoms with Crippen LogP contribution in [0.15, 0.2) is 78.2 Å². The van der Waals surface area contributed by atoms with E-state index in [4.69, 9.17) is 4.74 Å². The lowest BCUT2D eigenvalue weighted by Crippen LogP contribution is -2.15. The summed E-state index contributed by atoms with van der Waals surface area (Å²) in [7, 11) is 1.60. The minimum Gasteiger partial charge on any atom is -0.462 e. The summed E-state index contributed by atoms with van der Waals surface area (Å²) in [6.07, 6.45) is 0. The van der Waals surface area contributed by atoms with E-state index in [1.165, 1.54) is 4.57 Å². The van der Waals surface area contributed by atoms with Gasteiger partial charge >= 0.3 is 5.97 Å². The van der Waals surface area contributed by atoms with Gasteiger partial charge in [-0.05, 0) is 58.0 Å². The van der Waals surface area contributed by atoms with E-state index in [1.807, 2.05) is 0 Å². The average Bonchev–Trinajstić information content (AvgIpc) is 3.03. The summed E-state index contributed by atoms with van der Waals surface area (Å²) < 4.78 is 33.6. The first-order chi connectivity index (χ1) is 15.2. The SMILES string of the molecule is C=C=C=C.C=C=C=C=C.CCOC(=O)c1sc(=NC(=O)c2c(F)cccc2F)n(C)c1C. The maximum atomic E-state index is 13.6. The van der Waals surface area contributed by atoms with Gasteiger partial charge in [-0.3, -0.25) is 4.79 Å². The highest BCUT2D eigenvalue weighted by atomic mass is 32.1. The van der Waals surface area contributed by atoms with Gasteiger partial charge < -0.3 is 9.30 Å². The molecule has 0 atom stereocenters. The summed E-state index contributed by atoms with van der Waals surface area (Å²) in [5, 5.41) is 0. The fourth-order valence-corrected chi connectivity index (χ4v) is 2.93. The van der Waals surface area contributed by atoms with Crippen molar-refractivity contribution in [3.8, 4) is 0 Å². The molecule has 0 spiro atoms. The van der Waals surface area contributed by atoms with Crippen LogP contribution in [-0.4, -0.2) is 23.1 Å². The molecule has 1 aromatic heterocycles. The highest BCUT2D eigenvalue weighted by Crippen LogP contribution is 2.15. The van der Waals surface area contributed by atoms with E-state index in [0.29, 0.717) is 5.69 Å². The predicted molar refractivity (Wildman–Crippen MR) is 120 cm³/mol. The van der Waals surface area contributed by atoms with Crippen LogP contribution in [0.4, 0.5) is 8.78 Å². The van der Waals surface area contributed by atoms with Gasteiger partial charge in [0.25, 0.3) is 5.91 Å². The topological polar surface area (TPSA) is 60.7 Å². The van der Waals surface area contributed by atoms with Crippen molar-refractivity contribution >= 4 is 23.2 Å². The van der Waals surface area contributed by atoms with Crippen LogP contribution in [-0.2, 0) is 11.8 Å². The van der Waals surface area contributed by atoms with Gasteiger partial charge in [0.05, 0.1) is 6.61 Å². The fourth-order valence-electron chi connectivity index (χ4n) is 1.92. The van der Waals surface area contributed by atoms with Crippen molar-refractivity contribution < 1.29 is 23.1 Å². The number of thiazole rings is 1. The summed E-state index contributed by atoms with van der Waals surface area (Å²) in [6.45, 7) is 16.3. The van der Waals surface area contributed by atoms with Crippen molar-refractivity contribution in [2.45, 2.75) is 13.8 Å². The molecule has 2 rings (SSSR count). The summed E-state index contributed by atoms with van der Waals surface area (Å²) in [5.74, 6) is -3.55. The molecule has 0 radical (unpaired) electrons. The molecule has 0 N–H and O–H groups in total. The Bertz CT molecular complexity index is 1180. The summed E-state index contributed by atoms with van der Waals surface area (Å²) in [4.78, 5) is 28.0. The Morgan fingerprint density at radius 1 is 1.09 bits per heavy atom. The number of rotatable bonds is 3. The van der Waals surface area contributed by atoms with Gasteiger partial charge in [-0.1, -0.05) is 40.3 Å². The molecule has 5 nitrogen and oxygen atoms in total. The van der Waals surface area contributed by atoms with Crippen LogP contribution in [0.1, 0.15) is 32.6 Å². The van der Waals surface area contributed by atoms with E-state index in [-0.39, 0.29) is 16.3 Å². The molecule has 0 bridgehead atoms. The third-order valence-electron chi connectivity index (χ3n) is 3.45. The van der Waals surface area contributed by atoms with E-state index < -0.39 is 29.1 Å². The lowest BCUT2D eigenvalue weighted by molar-refractivity contribution is 0.0530. The molecule has 0 saturated carbocycles. The van der Waals surface area contributed by atoms with Gasteiger partial charge in [0, 0.05) is 12.7 Å². The average molecular weight is 457 g/mol. The zero-order valence-corrected chi connectivity index (χ0v) is 18.9. The lowest BCUT2D eigenvalue weighted by atomic mass is 10.2. The van der Waals surface area contributed by atoms with Gasteiger partial charge in [0.2, 0.25) is 0 Å². The molecule has 1 aromatic carbocycles. The van der Waals surface area contributed by atoms with E-state index in [0.717, 1.165) is 29.5 Å². The van der Waals surface area contributed by atoms with Crippen molar-refractivity contribution in [1.82, 2.24) is 4.57 Å². The number of carbonyl (C=O) groups is 2. The second-order valence-corrected chi connectivity index (χ2v) is 6.40. The first-order valence-electron chi connectivity index (χ1n) is 8.89. The lowest BCUT2D eigenvalue weighted by Gasteiger charge is -2.00. The predicted octanol–water partition coefficient (Wildman–Crippen LogP) is 4.97. The van der Waals surface area contributed by atoms with Crippen LogP contribution in [0.2, 0.25) is 0 Å². The van der Waals surface area contributed by atoms with E-state index in [2.05, 4.69) is 60.0 Å². The van der Waals surface area contributed by atoms with Gasteiger partial charge in [-0.15, -0.1) is 0 Å². The highest BCUT2D eigenvalue weighted by molar-refractivity contribution is 7.11.